The van der Waals surface area contributed by atoms with Gasteiger partial charge in [0.15, 0.2) is 21.3 Å². The SMILES string of the molecule is Cc1cc(C)cc(-c2cc3c(cc2-c2ccc(S(C)(=O)=O)cc2)OCO3)c1. The van der Waals surface area contributed by atoms with Gasteiger partial charge >= 0.3 is 0 Å². The average Bonchev–Trinajstić information content (AvgIpc) is 3.06. The smallest absolute Gasteiger partial charge is 0.231 e. The van der Waals surface area contributed by atoms with E-state index in [0.29, 0.717) is 10.6 Å². The minimum Gasteiger partial charge on any atom is -0.454 e. The van der Waals surface area contributed by atoms with E-state index in [1.165, 1.54) is 17.4 Å². The second-order valence-electron chi connectivity index (χ2n) is 6.92. The van der Waals surface area contributed by atoms with Crippen molar-refractivity contribution < 1.29 is 17.9 Å². The van der Waals surface area contributed by atoms with Crippen LogP contribution < -0.4 is 9.47 Å². The third kappa shape index (κ3) is 3.43. The Bertz CT molecular complexity index is 1110. The van der Waals surface area contributed by atoms with Gasteiger partial charge in [-0.3, -0.25) is 0 Å². The highest BCUT2D eigenvalue weighted by Gasteiger charge is 2.19. The first-order chi connectivity index (χ1) is 12.8. The fraction of sp³-hybridized carbons (Fsp3) is 0.182. The molecule has 1 heterocycles. The molecule has 138 valence electrons. The second kappa shape index (κ2) is 6.43. The molecule has 0 amide bonds. The molecule has 0 N–H and O–H groups in total. The molecule has 0 fully saturated rings. The molecule has 0 atom stereocenters. The first-order valence-electron chi connectivity index (χ1n) is 8.64. The van der Waals surface area contributed by atoms with Crippen LogP contribution in [0.15, 0.2) is 59.5 Å². The summed E-state index contributed by atoms with van der Waals surface area (Å²) in [5.41, 5.74) is 6.38. The summed E-state index contributed by atoms with van der Waals surface area (Å²) >= 11 is 0. The lowest BCUT2D eigenvalue weighted by molar-refractivity contribution is 0.174. The van der Waals surface area contributed by atoms with Crippen molar-refractivity contribution >= 4 is 9.84 Å². The van der Waals surface area contributed by atoms with E-state index in [2.05, 4.69) is 32.0 Å². The zero-order chi connectivity index (χ0) is 19.2. The Morgan fingerprint density at radius 1 is 0.741 bits per heavy atom. The molecule has 3 aromatic rings. The van der Waals surface area contributed by atoms with E-state index in [1.54, 1.807) is 12.1 Å². The molecule has 0 aliphatic carbocycles. The Labute approximate surface area is 159 Å². The van der Waals surface area contributed by atoms with Crippen LogP contribution in [0.1, 0.15) is 11.1 Å². The number of ether oxygens (including phenoxy) is 2. The molecule has 0 spiro atoms. The van der Waals surface area contributed by atoms with E-state index >= 15 is 0 Å². The summed E-state index contributed by atoms with van der Waals surface area (Å²) in [5.74, 6) is 1.42. The molecule has 0 radical (unpaired) electrons. The van der Waals surface area contributed by atoms with Crippen LogP contribution in [0.2, 0.25) is 0 Å². The molecule has 5 heteroatoms. The van der Waals surface area contributed by atoms with E-state index in [9.17, 15) is 8.42 Å². The Kier molecular flexibility index (Phi) is 4.19. The number of benzene rings is 3. The number of aryl methyl sites for hydroxylation is 2. The zero-order valence-electron chi connectivity index (χ0n) is 15.4. The molecule has 4 rings (SSSR count). The predicted octanol–water partition coefficient (Wildman–Crippen LogP) is 4.77. The molecule has 0 saturated heterocycles. The number of rotatable bonds is 3. The van der Waals surface area contributed by atoms with Crippen LogP contribution in [0.4, 0.5) is 0 Å². The van der Waals surface area contributed by atoms with Crippen molar-refractivity contribution in [3.05, 3.63) is 65.7 Å². The van der Waals surface area contributed by atoms with Gasteiger partial charge in [0, 0.05) is 6.26 Å². The third-order valence-corrected chi connectivity index (χ3v) is 5.77. The average molecular weight is 380 g/mol. The van der Waals surface area contributed by atoms with Gasteiger partial charge in [0.1, 0.15) is 0 Å². The van der Waals surface area contributed by atoms with Gasteiger partial charge in [-0.15, -0.1) is 0 Å². The summed E-state index contributed by atoms with van der Waals surface area (Å²) in [6.07, 6.45) is 1.21. The Morgan fingerprint density at radius 2 is 1.26 bits per heavy atom. The molecule has 0 bridgehead atoms. The van der Waals surface area contributed by atoms with Gasteiger partial charge < -0.3 is 9.47 Å². The van der Waals surface area contributed by atoms with E-state index in [-0.39, 0.29) is 6.79 Å². The van der Waals surface area contributed by atoms with Gasteiger partial charge in [0.2, 0.25) is 6.79 Å². The standard InChI is InChI=1S/C22H20O4S/c1-14-8-15(2)10-17(9-14)20-12-22-21(25-13-26-22)11-19(20)16-4-6-18(7-5-16)27(3,23)24/h4-12H,13H2,1-3H3. The minimum atomic E-state index is -3.23. The topological polar surface area (TPSA) is 52.6 Å². The quantitative estimate of drug-likeness (QED) is 0.657. The molecule has 0 aromatic heterocycles. The summed E-state index contributed by atoms with van der Waals surface area (Å²) < 4.78 is 34.7. The summed E-state index contributed by atoms with van der Waals surface area (Å²) in [4.78, 5) is 0.306. The molecule has 4 nitrogen and oxygen atoms in total. The van der Waals surface area contributed by atoms with Gasteiger partial charge in [0.25, 0.3) is 0 Å². The number of fused-ring (bicyclic) bond motifs is 1. The molecular formula is C22H20O4S. The molecule has 27 heavy (non-hydrogen) atoms. The highest BCUT2D eigenvalue weighted by molar-refractivity contribution is 7.90. The molecule has 1 aliphatic heterocycles. The van der Waals surface area contributed by atoms with Crippen molar-refractivity contribution in [3.63, 3.8) is 0 Å². The molecule has 0 saturated carbocycles. The van der Waals surface area contributed by atoms with Gasteiger partial charge in [-0.2, -0.15) is 0 Å². The third-order valence-electron chi connectivity index (χ3n) is 4.64. The van der Waals surface area contributed by atoms with Crippen LogP contribution in [0.5, 0.6) is 11.5 Å². The molecule has 1 aliphatic rings. The second-order valence-corrected chi connectivity index (χ2v) is 8.94. The molecule has 3 aromatic carbocycles. The normalized spacial score (nSPS) is 13.0. The summed E-state index contributed by atoms with van der Waals surface area (Å²) in [5, 5.41) is 0. The zero-order valence-corrected chi connectivity index (χ0v) is 16.3. The largest absolute Gasteiger partial charge is 0.454 e. The fourth-order valence-corrected chi connectivity index (χ4v) is 4.06. The maximum atomic E-state index is 11.8. The maximum Gasteiger partial charge on any atom is 0.231 e. The van der Waals surface area contributed by atoms with Gasteiger partial charge in [-0.1, -0.05) is 41.5 Å². The van der Waals surface area contributed by atoms with Gasteiger partial charge in [0.05, 0.1) is 4.90 Å². The van der Waals surface area contributed by atoms with E-state index < -0.39 is 9.84 Å². The Hall–Kier alpha value is -2.79. The number of hydrogen-bond donors (Lipinski definition) is 0. The van der Waals surface area contributed by atoms with Crippen LogP contribution in [-0.4, -0.2) is 21.5 Å². The van der Waals surface area contributed by atoms with Crippen LogP contribution >= 0.6 is 0 Å². The van der Waals surface area contributed by atoms with Crippen molar-refractivity contribution in [1.29, 1.82) is 0 Å². The lowest BCUT2D eigenvalue weighted by atomic mass is 9.92. The van der Waals surface area contributed by atoms with Crippen molar-refractivity contribution in [3.8, 4) is 33.8 Å². The van der Waals surface area contributed by atoms with Crippen LogP contribution in [0, 0.1) is 13.8 Å². The van der Waals surface area contributed by atoms with Crippen molar-refractivity contribution in [2.75, 3.05) is 13.0 Å². The number of sulfone groups is 1. The summed E-state index contributed by atoms with van der Waals surface area (Å²) in [6, 6.07) is 17.3. The van der Waals surface area contributed by atoms with Crippen molar-refractivity contribution in [1.82, 2.24) is 0 Å². The first kappa shape index (κ1) is 17.6. The van der Waals surface area contributed by atoms with Crippen LogP contribution in [-0.2, 0) is 9.84 Å². The van der Waals surface area contributed by atoms with Crippen LogP contribution in [0.3, 0.4) is 0 Å². The van der Waals surface area contributed by atoms with Crippen molar-refractivity contribution in [2.45, 2.75) is 18.7 Å². The summed E-state index contributed by atoms with van der Waals surface area (Å²) in [6.45, 7) is 4.35. The van der Waals surface area contributed by atoms with E-state index in [1.807, 2.05) is 24.3 Å². The molecular weight excluding hydrogens is 360 g/mol. The first-order valence-corrected chi connectivity index (χ1v) is 10.5. The maximum absolute atomic E-state index is 11.8. The highest BCUT2D eigenvalue weighted by atomic mass is 32.2. The lowest BCUT2D eigenvalue weighted by Crippen LogP contribution is -1.96. The van der Waals surface area contributed by atoms with Crippen molar-refractivity contribution in [2.24, 2.45) is 0 Å². The van der Waals surface area contributed by atoms with Gasteiger partial charge in [-0.25, -0.2) is 8.42 Å². The van der Waals surface area contributed by atoms with Gasteiger partial charge in [-0.05, 0) is 60.4 Å². The summed E-state index contributed by atoms with van der Waals surface area (Å²) in [7, 11) is -3.23. The Morgan fingerprint density at radius 3 is 1.78 bits per heavy atom. The predicted molar refractivity (Wildman–Crippen MR) is 106 cm³/mol. The lowest BCUT2D eigenvalue weighted by Gasteiger charge is -2.14. The monoisotopic (exact) mass is 380 g/mol. The van der Waals surface area contributed by atoms with E-state index in [0.717, 1.165) is 28.0 Å². The Balaban J connectivity index is 1.91. The van der Waals surface area contributed by atoms with Crippen LogP contribution in [0.25, 0.3) is 22.3 Å². The van der Waals surface area contributed by atoms with E-state index in [4.69, 9.17) is 9.47 Å². The fourth-order valence-electron chi connectivity index (χ4n) is 3.43. The highest BCUT2D eigenvalue weighted by Crippen LogP contribution is 2.43. The minimum absolute atomic E-state index is 0.206. The number of hydrogen-bond acceptors (Lipinski definition) is 4. The molecule has 0 unspecified atom stereocenters.